The molecule has 0 saturated carbocycles. The zero-order valence-electron chi connectivity index (χ0n) is 14.7. The third-order valence-corrected chi connectivity index (χ3v) is 4.87. The van der Waals surface area contributed by atoms with Gasteiger partial charge in [-0.1, -0.05) is 13.0 Å². The molecular formula is C18H19FN4O3S. The van der Waals surface area contributed by atoms with Crippen LogP contribution in [0, 0.1) is 5.82 Å². The maximum atomic E-state index is 13.4. The van der Waals surface area contributed by atoms with E-state index in [2.05, 4.69) is 20.9 Å². The lowest BCUT2D eigenvalue weighted by Gasteiger charge is -2.24. The van der Waals surface area contributed by atoms with Gasteiger partial charge in [-0.05, 0) is 24.1 Å². The summed E-state index contributed by atoms with van der Waals surface area (Å²) in [4.78, 5) is 40.5. The molecule has 2 aromatic rings. The third-order valence-electron chi connectivity index (χ3n) is 4.07. The topological polar surface area (TPSA) is 100 Å². The molecule has 3 amide bonds. The normalized spacial score (nSPS) is 15.6. The van der Waals surface area contributed by atoms with Gasteiger partial charge < -0.3 is 16.0 Å². The Balaban J connectivity index is 1.68. The molecule has 1 aliphatic rings. The van der Waals surface area contributed by atoms with Crippen LogP contribution in [0.25, 0.3) is 0 Å². The average molecular weight is 390 g/mol. The molecule has 0 aliphatic carbocycles. The minimum atomic E-state index is -0.727. The van der Waals surface area contributed by atoms with Crippen molar-refractivity contribution >= 4 is 39.9 Å². The van der Waals surface area contributed by atoms with Crippen molar-refractivity contribution in [2.45, 2.75) is 32.1 Å². The molecule has 1 aromatic carbocycles. The Hall–Kier alpha value is -2.81. The van der Waals surface area contributed by atoms with Gasteiger partial charge in [-0.2, -0.15) is 0 Å². The van der Waals surface area contributed by atoms with Crippen molar-refractivity contribution in [1.82, 2.24) is 10.3 Å². The molecule has 3 N–H and O–H groups in total. The van der Waals surface area contributed by atoms with E-state index in [1.165, 1.54) is 29.5 Å². The molecule has 1 unspecified atom stereocenters. The highest BCUT2D eigenvalue weighted by atomic mass is 32.1. The number of amides is 3. The van der Waals surface area contributed by atoms with Crippen LogP contribution >= 0.6 is 11.3 Å². The van der Waals surface area contributed by atoms with Gasteiger partial charge in [-0.25, -0.2) is 9.37 Å². The van der Waals surface area contributed by atoms with Crippen LogP contribution in [0.15, 0.2) is 23.6 Å². The zero-order valence-corrected chi connectivity index (χ0v) is 15.5. The van der Waals surface area contributed by atoms with E-state index in [1.54, 1.807) is 5.38 Å². The zero-order chi connectivity index (χ0) is 19.4. The first kappa shape index (κ1) is 19.0. The number of anilines is 2. The molecule has 9 heteroatoms. The first-order valence-corrected chi connectivity index (χ1v) is 9.45. The van der Waals surface area contributed by atoms with Crippen LogP contribution in [-0.4, -0.2) is 29.3 Å². The third kappa shape index (κ3) is 4.68. The van der Waals surface area contributed by atoms with Gasteiger partial charge in [0.05, 0.1) is 18.0 Å². The van der Waals surface area contributed by atoms with Crippen LogP contribution in [0.3, 0.4) is 0 Å². The molecule has 1 aromatic heterocycles. The van der Waals surface area contributed by atoms with Crippen molar-refractivity contribution in [1.29, 1.82) is 0 Å². The monoisotopic (exact) mass is 390 g/mol. The Bertz CT molecular complexity index is 883. The second-order valence-corrected chi connectivity index (χ2v) is 7.05. The lowest BCUT2D eigenvalue weighted by atomic mass is 9.90. The number of fused-ring (bicyclic) bond motifs is 1. The predicted octanol–water partition coefficient (Wildman–Crippen LogP) is 2.42. The van der Waals surface area contributed by atoms with Gasteiger partial charge >= 0.3 is 0 Å². The summed E-state index contributed by atoms with van der Waals surface area (Å²) >= 11 is 1.21. The van der Waals surface area contributed by atoms with Crippen molar-refractivity contribution in [3.8, 4) is 0 Å². The molecule has 0 saturated heterocycles. The van der Waals surface area contributed by atoms with Crippen molar-refractivity contribution in [3.63, 3.8) is 0 Å². The summed E-state index contributed by atoms with van der Waals surface area (Å²) in [5, 5.41) is 10.1. The Morgan fingerprint density at radius 3 is 3.00 bits per heavy atom. The van der Waals surface area contributed by atoms with Crippen LogP contribution in [0.4, 0.5) is 15.2 Å². The number of hydrogen-bond donors (Lipinski definition) is 3. The molecule has 27 heavy (non-hydrogen) atoms. The first-order chi connectivity index (χ1) is 13.0. The molecule has 3 rings (SSSR count). The molecule has 0 fully saturated rings. The molecule has 1 atom stereocenters. The van der Waals surface area contributed by atoms with Gasteiger partial charge in [0.25, 0.3) is 0 Å². The first-order valence-electron chi connectivity index (χ1n) is 8.57. The fourth-order valence-corrected chi connectivity index (χ4v) is 3.51. The Morgan fingerprint density at radius 1 is 1.41 bits per heavy atom. The summed E-state index contributed by atoms with van der Waals surface area (Å²) in [5.74, 6) is -2.08. The van der Waals surface area contributed by atoms with Crippen LogP contribution in [-0.2, 0) is 20.8 Å². The van der Waals surface area contributed by atoms with E-state index < -0.39 is 17.6 Å². The fraction of sp³-hybridized carbons (Fsp3) is 0.333. The van der Waals surface area contributed by atoms with Gasteiger partial charge in [0.1, 0.15) is 5.82 Å². The molecule has 7 nitrogen and oxygen atoms in total. The number of hydrogen-bond acceptors (Lipinski definition) is 5. The van der Waals surface area contributed by atoms with E-state index >= 15 is 0 Å². The van der Waals surface area contributed by atoms with Gasteiger partial charge in [-0.15, -0.1) is 11.3 Å². The Morgan fingerprint density at radius 2 is 2.22 bits per heavy atom. The van der Waals surface area contributed by atoms with E-state index in [0.29, 0.717) is 28.6 Å². The van der Waals surface area contributed by atoms with Crippen molar-refractivity contribution in [2.24, 2.45) is 0 Å². The van der Waals surface area contributed by atoms with Gasteiger partial charge in [0.15, 0.2) is 5.13 Å². The minimum Gasteiger partial charge on any atom is -0.356 e. The number of carbonyl (C=O) groups excluding carboxylic acids is 3. The summed E-state index contributed by atoms with van der Waals surface area (Å²) in [5.41, 5.74) is 1.43. The number of nitrogens with one attached hydrogen (secondary N) is 3. The number of thiazole rings is 1. The molecular weight excluding hydrogens is 371 g/mol. The summed E-state index contributed by atoms with van der Waals surface area (Å²) in [7, 11) is 0. The highest BCUT2D eigenvalue weighted by molar-refractivity contribution is 7.13. The van der Waals surface area contributed by atoms with E-state index in [4.69, 9.17) is 0 Å². The predicted molar refractivity (Wildman–Crippen MR) is 100 cm³/mol. The number of nitrogens with zero attached hydrogens (tertiary/aromatic N) is 1. The van der Waals surface area contributed by atoms with Gasteiger partial charge in [-0.3, -0.25) is 14.4 Å². The number of aromatic nitrogens is 1. The standard InChI is InChI=1S/C18H19FN4O3S/c1-2-5-20-15(24)7-11-9-27-18(21-11)23-17(26)13-8-16(25)22-14-6-10(19)3-4-12(13)14/h3-4,6,9,13H,2,5,7-8H2,1H3,(H,20,24)(H,22,25)(H,21,23,26). The molecule has 2 heterocycles. The highest BCUT2D eigenvalue weighted by Gasteiger charge is 2.31. The van der Waals surface area contributed by atoms with Crippen molar-refractivity contribution < 1.29 is 18.8 Å². The summed E-state index contributed by atoms with van der Waals surface area (Å²) in [6, 6.07) is 3.95. The quantitative estimate of drug-likeness (QED) is 0.705. The molecule has 1 aliphatic heterocycles. The van der Waals surface area contributed by atoms with Crippen molar-refractivity contribution in [2.75, 3.05) is 17.2 Å². The van der Waals surface area contributed by atoms with Crippen LogP contribution in [0.1, 0.15) is 36.9 Å². The van der Waals surface area contributed by atoms with Gasteiger partial charge in [0, 0.05) is 24.0 Å². The second kappa shape index (κ2) is 8.26. The molecule has 142 valence electrons. The average Bonchev–Trinajstić information content (AvgIpc) is 3.05. The summed E-state index contributed by atoms with van der Waals surface area (Å²) in [6.45, 7) is 2.57. The van der Waals surface area contributed by atoms with E-state index in [-0.39, 0.29) is 24.7 Å². The summed E-state index contributed by atoms with van der Waals surface area (Å²) in [6.07, 6.45) is 0.965. The number of halogens is 1. The molecule has 0 spiro atoms. The van der Waals surface area contributed by atoms with E-state index in [1.807, 2.05) is 6.92 Å². The second-order valence-electron chi connectivity index (χ2n) is 6.20. The van der Waals surface area contributed by atoms with Crippen LogP contribution in [0.5, 0.6) is 0 Å². The minimum absolute atomic E-state index is 0.0257. The number of benzene rings is 1. The SMILES string of the molecule is CCCNC(=O)Cc1csc(NC(=O)C2CC(=O)Nc3cc(F)ccc32)n1. The van der Waals surface area contributed by atoms with Crippen LogP contribution < -0.4 is 16.0 Å². The Labute approximate surface area is 159 Å². The summed E-state index contributed by atoms with van der Waals surface area (Å²) < 4.78 is 13.4. The van der Waals surface area contributed by atoms with E-state index in [9.17, 15) is 18.8 Å². The van der Waals surface area contributed by atoms with Crippen molar-refractivity contribution in [3.05, 3.63) is 40.7 Å². The lowest BCUT2D eigenvalue weighted by molar-refractivity contribution is -0.123. The molecule has 0 bridgehead atoms. The Kier molecular flexibility index (Phi) is 5.80. The van der Waals surface area contributed by atoms with E-state index in [0.717, 1.165) is 6.42 Å². The molecule has 0 radical (unpaired) electrons. The lowest BCUT2D eigenvalue weighted by Crippen LogP contribution is -2.30. The number of carbonyl (C=O) groups is 3. The van der Waals surface area contributed by atoms with Gasteiger partial charge in [0.2, 0.25) is 17.7 Å². The maximum absolute atomic E-state index is 13.4. The van der Waals surface area contributed by atoms with Crippen LogP contribution in [0.2, 0.25) is 0 Å². The number of rotatable bonds is 6. The largest absolute Gasteiger partial charge is 0.356 e. The highest BCUT2D eigenvalue weighted by Crippen LogP contribution is 2.33. The smallest absolute Gasteiger partial charge is 0.234 e. The maximum Gasteiger partial charge on any atom is 0.234 e. The fourth-order valence-electron chi connectivity index (χ4n) is 2.80.